The number of benzene rings is 3. The maximum absolute atomic E-state index is 11.2. The van der Waals surface area contributed by atoms with Crippen LogP contribution in [0.15, 0.2) is 78.9 Å². The Kier molecular flexibility index (Phi) is 6.20. The second kappa shape index (κ2) is 9.37. The summed E-state index contributed by atoms with van der Waals surface area (Å²) in [6, 6.07) is 25.8. The molecule has 30 heavy (non-hydrogen) atoms. The lowest BCUT2D eigenvalue weighted by Gasteiger charge is -2.11. The fraction of sp³-hybridized carbons (Fsp3) is 0.120. The van der Waals surface area contributed by atoms with E-state index in [1.54, 1.807) is 11.3 Å². The Balaban J connectivity index is 1.66. The molecule has 0 atom stereocenters. The molecular formula is C25H21NO3S. The zero-order valence-electron chi connectivity index (χ0n) is 16.3. The number of rotatable bonds is 8. The Morgan fingerprint density at radius 2 is 1.67 bits per heavy atom. The summed E-state index contributed by atoms with van der Waals surface area (Å²) in [4.78, 5) is 15.9. The van der Waals surface area contributed by atoms with Crippen LogP contribution < -0.4 is 4.74 Å². The van der Waals surface area contributed by atoms with Crippen molar-refractivity contribution in [3.63, 3.8) is 0 Å². The molecule has 5 heteroatoms. The number of para-hydroxylation sites is 2. The minimum Gasteiger partial charge on any atom is -0.488 e. The third-order valence-corrected chi connectivity index (χ3v) is 5.77. The summed E-state index contributed by atoms with van der Waals surface area (Å²) in [5, 5.41) is 10.1. The predicted octanol–water partition coefficient (Wildman–Crippen LogP) is 6.28. The van der Waals surface area contributed by atoms with E-state index in [4.69, 9.17) is 9.72 Å². The normalized spacial score (nSPS) is 11.5. The molecule has 0 amide bonds. The molecule has 4 nitrogen and oxygen atoms in total. The van der Waals surface area contributed by atoms with E-state index in [2.05, 4.69) is 0 Å². The van der Waals surface area contributed by atoms with E-state index < -0.39 is 5.97 Å². The number of carbonyl (C=O) groups is 1. The zero-order chi connectivity index (χ0) is 20.8. The number of carboxylic acids is 1. The largest absolute Gasteiger partial charge is 0.488 e. The summed E-state index contributed by atoms with van der Waals surface area (Å²) >= 11 is 1.58. The first-order valence-corrected chi connectivity index (χ1v) is 10.5. The Bertz CT molecular complexity index is 1150. The van der Waals surface area contributed by atoms with Crippen LogP contribution in [-0.4, -0.2) is 16.1 Å². The number of allylic oxidation sites excluding steroid dienone is 1. The highest BCUT2D eigenvalue weighted by Gasteiger charge is 2.12. The Hall–Kier alpha value is -3.44. The molecule has 0 aliphatic rings. The van der Waals surface area contributed by atoms with Crippen molar-refractivity contribution in [3.8, 4) is 5.75 Å². The Labute approximate surface area is 179 Å². The maximum Gasteiger partial charge on any atom is 0.303 e. The first-order chi connectivity index (χ1) is 14.7. The van der Waals surface area contributed by atoms with Crippen molar-refractivity contribution in [2.75, 3.05) is 0 Å². The van der Waals surface area contributed by atoms with E-state index in [1.807, 2.05) is 84.9 Å². The summed E-state index contributed by atoms with van der Waals surface area (Å²) in [5.41, 5.74) is 3.82. The molecule has 0 radical (unpaired) electrons. The van der Waals surface area contributed by atoms with Gasteiger partial charge in [-0.25, -0.2) is 4.98 Å². The summed E-state index contributed by atoms with van der Waals surface area (Å²) in [6.07, 6.45) is 2.46. The van der Waals surface area contributed by atoms with Crippen molar-refractivity contribution < 1.29 is 14.6 Å². The molecule has 0 bridgehead atoms. The summed E-state index contributed by atoms with van der Waals surface area (Å²) in [6.45, 7) is 0.470. The van der Waals surface area contributed by atoms with Crippen molar-refractivity contribution in [1.29, 1.82) is 0 Å². The van der Waals surface area contributed by atoms with Gasteiger partial charge < -0.3 is 9.84 Å². The van der Waals surface area contributed by atoms with Gasteiger partial charge in [0.2, 0.25) is 0 Å². The summed E-state index contributed by atoms with van der Waals surface area (Å²) < 4.78 is 7.15. The molecule has 3 aromatic carbocycles. The fourth-order valence-corrected chi connectivity index (χ4v) is 4.16. The third kappa shape index (κ3) is 4.93. The van der Waals surface area contributed by atoms with Gasteiger partial charge in [0.05, 0.1) is 10.2 Å². The third-order valence-electron chi connectivity index (χ3n) is 4.66. The highest BCUT2D eigenvalue weighted by molar-refractivity contribution is 7.19. The van der Waals surface area contributed by atoms with E-state index in [0.29, 0.717) is 13.0 Å². The molecule has 150 valence electrons. The minimum atomic E-state index is -0.823. The minimum absolute atomic E-state index is 0.0504. The Morgan fingerprint density at radius 3 is 2.47 bits per heavy atom. The van der Waals surface area contributed by atoms with Crippen LogP contribution in [0.5, 0.6) is 5.75 Å². The van der Waals surface area contributed by atoms with E-state index >= 15 is 0 Å². The van der Waals surface area contributed by atoms with E-state index in [0.717, 1.165) is 37.7 Å². The van der Waals surface area contributed by atoms with Crippen LogP contribution in [0.2, 0.25) is 0 Å². The molecule has 1 aromatic heterocycles. The molecule has 0 aliphatic heterocycles. The van der Waals surface area contributed by atoms with Gasteiger partial charge in [-0.05, 0) is 41.8 Å². The topological polar surface area (TPSA) is 59.4 Å². The second-order valence-corrected chi connectivity index (χ2v) is 7.89. The van der Waals surface area contributed by atoms with Crippen LogP contribution in [-0.2, 0) is 11.4 Å². The maximum atomic E-state index is 11.2. The predicted molar refractivity (Wildman–Crippen MR) is 122 cm³/mol. The van der Waals surface area contributed by atoms with Crippen molar-refractivity contribution in [3.05, 3.63) is 95.0 Å². The van der Waals surface area contributed by atoms with E-state index in [-0.39, 0.29) is 6.42 Å². The Morgan fingerprint density at radius 1 is 0.933 bits per heavy atom. The number of aromatic nitrogens is 1. The summed E-state index contributed by atoms with van der Waals surface area (Å²) in [7, 11) is 0. The quantitative estimate of drug-likeness (QED) is 0.368. The molecule has 0 spiro atoms. The highest BCUT2D eigenvalue weighted by Crippen LogP contribution is 2.33. The number of hydrogen-bond acceptors (Lipinski definition) is 4. The zero-order valence-corrected chi connectivity index (χ0v) is 17.1. The molecule has 4 aromatic rings. The lowest BCUT2D eigenvalue weighted by molar-refractivity contribution is -0.136. The van der Waals surface area contributed by atoms with Gasteiger partial charge in [0.15, 0.2) is 0 Å². The average molecular weight is 416 g/mol. The lowest BCUT2D eigenvalue weighted by Crippen LogP contribution is -1.98. The number of hydrogen-bond donors (Lipinski definition) is 1. The monoisotopic (exact) mass is 415 g/mol. The molecule has 0 fully saturated rings. The van der Waals surface area contributed by atoms with Gasteiger partial charge in [-0.2, -0.15) is 0 Å². The number of aliphatic carboxylic acids is 1. The van der Waals surface area contributed by atoms with E-state index in [1.165, 1.54) is 0 Å². The van der Waals surface area contributed by atoms with Crippen LogP contribution >= 0.6 is 11.3 Å². The van der Waals surface area contributed by atoms with Crippen LogP contribution in [0, 0.1) is 0 Å². The van der Waals surface area contributed by atoms with Crippen LogP contribution in [0.4, 0.5) is 0 Å². The molecule has 0 saturated heterocycles. The first-order valence-electron chi connectivity index (χ1n) is 9.73. The molecule has 0 aliphatic carbocycles. The van der Waals surface area contributed by atoms with Crippen LogP contribution in [0.3, 0.4) is 0 Å². The van der Waals surface area contributed by atoms with E-state index in [9.17, 15) is 9.90 Å². The summed E-state index contributed by atoms with van der Waals surface area (Å²) in [5.74, 6) is -0.0640. The molecule has 1 N–H and O–H groups in total. The number of ether oxygens (including phenoxy) is 1. The lowest BCUT2D eigenvalue weighted by atomic mass is 10.1. The van der Waals surface area contributed by atoms with Gasteiger partial charge >= 0.3 is 5.97 Å². The average Bonchev–Trinajstić information content (AvgIpc) is 3.20. The van der Waals surface area contributed by atoms with Gasteiger partial charge in [0, 0.05) is 12.0 Å². The SMILES string of the molecule is O=C(O)CCC(=Cc1ccccc1OCc1ccccc1)c1nc2ccccc2s1. The first kappa shape index (κ1) is 19.9. The van der Waals surface area contributed by atoms with Gasteiger partial charge in [-0.15, -0.1) is 11.3 Å². The van der Waals surface area contributed by atoms with Crippen molar-refractivity contribution in [2.24, 2.45) is 0 Å². The standard InChI is InChI=1S/C25H21NO3S/c27-24(28)15-14-20(25-26-21-11-5-7-13-23(21)30-25)16-19-10-4-6-12-22(19)29-17-18-8-2-1-3-9-18/h1-13,16H,14-15,17H2,(H,27,28). The van der Waals surface area contributed by atoms with Gasteiger partial charge in [-0.1, -0.05) is 60.7 Å². The highest BCUT2D eigenvalue weighted by atomic mass is 32.1. The number of nitrogens with zero attached hydrogens (tertiary/aromatic N) is 1. The van der Waals surface area contributed by atoms with Gasteiger partial charge in [0.25, 0.3) is 0 Å². The number of carboxylic acid groups (broad SMARTS) is 1. The second-order valence-electron chi connectivity index (χ2n) is 6.86. The fourth-order valence-electron chi connectivity index (χ4n) is 3.15. The van der Waals surface area contributed by atoms with Crippen molar-refractivity contribution >= 4 is 39.2 Å². The molecular weight excluding hydrogens is 394 g/mol. The molecule has 1 heterocycles. The molecule has 0 saturated carbocycles. The van der Waals surface area contributed by atoms with Crippen molar-refractivity contribution in [2.45, 2.75) is 19.4 Å². The van der Waals surface area contributed by atoms with Gasteiger partial charge in [0.1, 0.15) is 17.4 Å². The molecule has 4 rings (SSSR count). The van der Waals surface area contributed by atoms with Gasteiger partial charge in [-0.3, -0.25) is 4.79 Å². The molecule has 0 unspecified atom stereocenters. The smallest absolute Gasteiger partial charge is 0.303 e. The number of fused-ring (bicyclic) bond motifs is 1. The van der Waals surface area contributed by atoms with Crippen LogP contribution in [0.25, 0.3) is 21.9 Å². The van der Waals surface area contributed by atoms with Crippen molar-refractivity contribution in [1.82, 2.24) is 4.98 Å². The van der Waals surface area contributed by atoms with Crippen LogP contribution in [0.1, 0.15) is 29.0 Å². The number of thiazole rings is 1.